The van der Waals surface area contributed by atoms with Crippen LogP contribution in [0.15, 0.2) is 36.5 Å². The van der Waals surface area contributed by atoms with Crippen molar-refractivity contribution < 1.29 is 14.3 Å². The number of imidazole rings is 1. The van der Waals surface area contributed by atoms with Crippen molar-refractivity contribution in [2.75, 3.05) is 12.1 Å². The molecule has 6 heteroatoms. The summed E-state index contributed by atoms with van der Waals surface area (Å²) in [5, 5.41) is 2.88. The van der Waals surface area contributed by atoms with Gasteiger partial charge in [0.15, 0.2) is 11.5 Å². The van der Waals surface area contributed by atoms with Crippen LogP contribution in [0.3, 0.4) is 0 Å². The van der Waals surface area contributed by atoms with Gasteiger partial charge in [0, 0.05) is 23.6 Å². The zero-order chi connectivity index (χ0) is 16.7. The van der Waals surface area contributed by atoms with Crippen molar-refractivity contribution in [1.82, 2.24) is 9.38 Å². The van der Waals surface area contributed by atoms with Gasteiger partial charge in [0.05, 0.1) is 11.3 Å². The number of anilines is 1. The van der Waals surface area contributed by atoms with Crippen molar-refractivity contribution >= 4 is 17.2 Å². The van der Waals surface area contributed by atoms with Crippen LogP contribution in [0.5, 0.6) is 11.5 Å². The number of fused-ring (bicyclic) bond motifs is 2. The molecule has 0 fully saturated rings. The third kappa shape index (κ3) is 2.36. The molecule has 0 saturated heterocycles. The van der Waals surface area contributed by atoms with Crippen LogP contribution < -0.4 is 14.8 Å². The summed E-state index contributed by atoms with van der Waals surface area (Å²) in [6.07, 6.45) is 2.69. The Morgan fingerprint density at radius 1 is 1.25 bits per heavy atom. The zero-order valence-electron chi connectivity index (χ0n) is 13.5. The first-order chi connectivity index (χ1) is 11.7. The lowest BCUT2D eigenvalue weighted by Crippen LogP contribution is -2.12. The number of aromatic nitrogens is 2. The molecule has 2 aromatic heterocycles. The lowest BCUT2D eigenvalue weighted by molar-refractivity contribution is 0.102. The highest BCUT2D eigenvalue weighted by Crippen LogP contribution is 2.34. The number of pyridine rings is 1. The SMILES string of the molecule is CCc1nc2ccc(C(=O)Nc3ccc4c(c3)OCO4)cn2c1C. The van der Waals surface area contributed by atoms with E-state index in [1.807, 2.05) is 23.6 Å². The van der Waals surface area contributed by atoms with Gasteiger partial charge in [-0.2, -0.15) is 0 Å². The fourth-order valence-electron chi connectivity index (χ4n) is 2.86. The summed E-state index contributed by atoms with van der Waals surface area (Å²) in [7, 11) is 0. The van der Waals surface area contributed by atoms with Crippen LogP contribution >= 0.6 is 0 Å². The summed E-state index contributed by atoms with van der Waals surface area (Å²) in [5.41, 5.74) is 4.20. The van der Waals surface area contributed by atoms with E-state index in [0.717, 1.165) is 23.5 Å². The van der Waals surface area contributed by atoms with E-state index >= 15 is 0 Å². The number of carbonyl (C=O) groups is 1. The Bertz CT molecular complexity index is 946. The molecule has 0 bridgehead atoms. The van der Waals surface area contributed by atoms with E-state index in [1.54, 1.807) is 24.3 Å². The third-order valence-corrected chi connectivity index (χ3v) is 4.18. The molecule has 1 aromatic carbocycles. The minimum absolute atomic E-state index is 0.179. The van der Waals surface area contributed by atoms with Gasteiger partial charge < -0.3 is 19.2 Å². The van der Waals surface area contributed by atoms with E-state index in [0.29, 0.717) is 22.7 Å². The van der Waals surface area contributed by atoms with Crippen LogP contribution in [0.2, 0.25) is 0 Å². The van der Waals surface area contributed by atoms with Gasteiger partial charge in [0.1, 0.15) is 5.65 Å². The number of hydrogen-bond donors (Lipinski definition) is 1. The van der Waals surface area contributed by atoms with Crippen LogP contribution in [0.1, 0.15) is 28.7 Å². The number of amides is 1. The quantitative estimate of drug-likeness (QED) is 0.804. The van der Waals surface area contributed by atoms with E-state index in [2.05, 4.69) is 17.2 Å². The molecule has 1 aliphatic heterocycles. The Kier molecular flexibility index (Phi) is 3.37. The Morgan fingerprint density at radius 2 is 2.08 bits per heavy atom. The van der Waals surface area contributed by atoms with E-state index in [4.69, 9.17) is 9.47 Å². The molecular weight excluding hydrogens is 306 g/mol. The maximum absolute atomic E-state index is 12.5. The summed E-state index contributed by atoms with van der Waals surface area (Å²) in [6.45, 7) is 4.30. The van der Waals surface area contributed by atoms with Gasteiger partial charge in [-0.1, -0.05) is 6.92 Å². The van der Waals surface area contributed by atoms with Crippen LogP contribution in [0, 0.1) is 6.92 Å². The van der Waals surface area contributed by atoms with Crippen molar-refractivity contribution in [2.24, 2.45) is 0 Å². The average Bonchev–Trinajstić information content (AvgIpc) is 3.18. The highest BCUT2D eigenvalue weighted by Gasteiger charge is 2.15. The van der Waals surface area contributed by atoms with Gasteiger partial charge in [-0.3, -0.25) is 4.79 Å². The van der Waals surface area contributed by atoms with Gasteiger partial charge in [-0.25, -0.2) is 4.98 Å². The molecule has 0 radical (unpaired) electrons. The molecule has 3 aromatic rings. The monoisotopic (exact) mass is 323 g/mol. The van der Waals surface area contributed by atoms with Crippen molar-refractivity contribution in [3.8, 4) is 11.5 Å². The molecule has 1 aliphatic rings. The first-order valence-electron chi connectivity index (χ1n) is 7.84. The maximum Gasteiger partial charge on any atom is 0.257 e. The van der Waals surface area contributed by atoms with Gasteiger partial charge in [-0.15, -0.1) is 0 Å². The molecule has 0 atom stereocenters. The molecule has 3 heterocycles. The number of nitrogens with zero attached hydrogens (tertiary/aromatic N) is 2. The molecule has 1 amide bonds. The largest absolute Gasteiger partial charge is 0.454 e. The van der Waals surface area contributed by atoms with Crippen LogP contribution in [-0.2, 0) is 6.42 Å². The third-order valence-electron chi connectivity index (χ3n) is 4.18. The highest BCUT2D eigenvalue weighted by atomic mass is 16.7. The predicted molar refractivity (Wildman–Crippen MR) is 89.8 cm³/mol. The summed E-state index contributed by atoms with van der Waals surface area (Å²) in [5.74, 6) is 1.15. The molecule has 122 valence electrons. The number of benzene rings is 1. The lowest BCUT2D eigenvalue weighted by atomic mass is 10.2. The number of hydrogen-bond acceptors (Lipinski definition) is 4. The van der Waals surface area contributed by atoms with Crippen LogP contribution in [0.4, 0.5) is 5.69 Å². The molecule has 6 nitrogen and oxygen atoms in total. The van der Waals surface area contributed by atoms with E-state index < -0.39 is 0 Å². The van der Waals surface area contributed by atoms with Crippen LogP contribution in [0.25, 0.3) is 5.65 Å². The van der Waals surface area contributed by atoms with Crippen molar-refractivity contribution in [3.63, 3.8) is 0 Å². The van der Waals surface area contributed by atoms with Crippen LogP contribution in [-0.4, -0.2) is 22.1 Å². The van der Waals surface area contributed by atoms with Gasteiger partial charge in [0.2, 0.25) is 6.79 Å². The van der Waals surface area contributed by atoms with E-state index in [-0.39, 0.29) is 12.7 Å². The number of carbonyl (C=O) groups excluding carboxylic acids is 1. The molecule has 0 saturated carbocycles. The molecular formula is C18H17N3O3. The fraction of sp³-hybridized carbons (Fsp3) is 0.222. The highest BCUT2D eigenvalue weighted by molar-refractivity contribution is 6.04. The smallest absolute Gasteiger partial charge is 0.257 e. The Balaban J connectivity index is 1.62. The minimum atomic E-state index is -0.179. The summed E-state index contributed by atoms with van der Waals surface area (Å²) in [6, 6.07) is 8.98. The molecule has 4 rings (SSSR count). The van der Waals surface area contributed by atoms with Gasteiger partial charge in [0.25, 0.3) is 5.91 Å². The van der Waals surface area contributed by atoms with Gasteiger partial charge in [-0.05, 0) is 37.6 Å². The fourth-order valence-corrected chi connectivity index (χ4v) is 2.86. The second-order valence-electron chi connectivity index (χ2n) is 5.67. The molecule has 0 aliphatic carbocycles. The standard InChI is InChI=1S/C18H17N3O3/c1-3-14-11(2)21-9-12(4-7-17(21)20-14)18(22)19-13-5-6-15-16(8-13)24-10-23-15/h4-9H,3,10H2,1-2H3,(H,19,22). The average molecular weight is 323 g/mol. The topological polar surface area (TPSA) is 64.9 Å². The van der Waals surface area contributed by atoms with E-state index in [9.17, 15) is 4.79 Å². The Morgan fingerprint density at radius 3 is 2.92 bits per heavy atom. The number of rotatable bonds is 3. The zero-order valence-corrected chi connectivity index (χ0v) is 13.5. The van der Waals surface area contributed by atoms with Gasteiger partial charge >= 0.3 is 0 Å². The first-order valence-corrected chi connectivity index (χ1v) is 7.84. The second-order valence-corrected chi connectivity index (χ2v) is 5.67. The number of ether oxygens (including phenoxy) is 2. The van der Waals surface area contributed by atoms with Crippen molar-refractivity contribution in [3.05, 3.63) is 53.5 Å². The summed E-state index contributed by atoms with van der Waals surface area (Å²) >= 11 is 0. The van der Waals surface area contributed by atoms with E-state index in [1.165, 1.54) is 0 Å². The Hall–Kier alpha value is -3.02. The van der Waals surface area contributed by atoms with Crippen molar-refractivity contribution in [1.29, 1.82) is 0 Å². The molecule has 0 unspecified atom stereocenters. The summed E-state index contributed by atoms with van der Waals surface area (Å²) < 4.78 is 12.6. The first kappa shape index (κ1) is 14.6. The number of aryl methyl sites for hydroxylation is 2. The maximum atomic E-state index is 12.5. The van der Waals surface area contributed by atoms with Crippen molar-refractivity contribution in [2.45, 2.75) is 20.3 Å². The predicted octanol–water partition coefficient (Wildman–Crippen LogP) is 3.19. The molecule has 1 N–H and O–H groups in total. The normalized spacial score (nSPS) is 12.6. The molecule has 0 spiro atoms. The second kappa shape index (κ2) is 5.56. The lowest BCUT2D eigenvalue weighted by Gasteiger charge is -2.07. The summed E-state index contributed by atoms with van der Waals surface area (Å²) in [4.78, 5) is 17.1. The minimum Gasteiger partial charge on any atom is -0.454 e. The Labute approximate surface area is 139 Å². The number of nitrogens with one attached hydrogen (secondary N) is 1. The molecule has 24 heavy (non-hydrogen) atoms.